The topological polar surface area (TPSA) is 55.1 Å². The van der Waals surface area contributed by atoms with Gasteiger partial charge in [0.15, 0.2) is 5.16 Å². The Morgan fingerprint density at radius 2 is 2.35 bits per heavy atom. The fraction of sp³-hybridized carbons (Fsp3) is 0.286. The number of thioether (sulfide) groups is 1. The number of carboxylic acids is 1. The van der Waals surface area contributed by atoms with Gasteiger partial charge in [0.2, 0.25) is 0 Å². The highest BCUT2D eigenvalue weighted by Crippen LogP contribution is 2.26. The summed E-state index contributed by atoms with van der Waals surface area (Å²) in [7, 11) is 0. The molecule has 6 heteroatoms. The van der Waals surface area contributed by atoms with Crippen LogP contribution in [0.4, 0.5) is 0 Å². The molecule has 0 amide bonds. The van der Waals surface area contributed by atoms with Crippen molar-refractivity contribution in [2.75, 3.05) is 5.75 Å². The summed E-state index contributed by atoms with van der Waals surface area (Å²) >= 11 is 7.26. The zero-order valence-electron chi connectivity index (χ0n) is 11.0. The molecule has 1 heterocycles. The maximum atomic E-state index is 10.7. The lowest BCUT2D eigenvalue weighted by molar-refractivity contribution is -0.133. The number of carbonyl (C=O) groups is 1. The Hall–Kier alpha value is -1.46. The van der Waals surface area contributed by atoms with Crippen molar-refractivity contribution < 1.29 is 9.90 Å². The highest BCUT2D eigenvalue weighted by Gasteiger charge is 2.12. The molecular formula is C14H15ClN2O2S. The normalized spacial score (nSPS) is 11.5. The Balaban J connectivity index is 2.37. The quantitative estimate of drug-likeness (QED) is 0.650. The van der Waals surface area contributed by atoms with Crippen LogP contribution < -0.4 is 0 Å². The van der Waals surface area contributed by atoms with E-state index in [2.05, 4.69) is 11.1 Å². The zero-order valence-corrected chi connectivity index (χ0v) is 12.6. The summed E-state index contributed by atoms with van der Waals surface area (Å²) in [5.74, 6) is -0.846. The van der Waals surface area contributed by atoms with Crippen LogP contribution >= 0.6 is 23.4 Å². The molecule has 0 unspecified atom stereocenters. The van der Waals surface area contributed by atoms with Crippen molar-refractivity contribution in [2.24, 2.45) is 0 Å². The number of fused-ring (bicyclic) bond motifs is 1. The Bertz CT molecular complexity index is 652. The minimum atomic E-state index is -0.847. The minimum absolute atomic E-state index is 0.000666. The molecular weight excluding hydrogens is 296 g/mol. The molecule has 20 heavy (non-hydrogen) atoms. The first-order valence-electron chi connectivity index (χ1n) is 6.23. The smallest absolute Gasteiger partial charge is 0.313 e. The standard InChI is InChI=1S/C14H15ClN2O2S/c1-2-3-4-7-17-12-8-10(15)5-6-11(12)16-14(17)20-9-13(18)19/h2-3,5-6,8H,4,7,9H2,1H3,(H,18,19)/b3-2+. The molecule has 1 aromatic carbocycles. The molecule has 0 saturated carbocycles. The molecule has 2 rings (SSSR count). The first kappa shape index (κ1) is 14.9. The van der Waals surface area contributed by atoms with Crippen molar-refractivity contribution in [1.82, 2.24) is 9.55 Å². The van der Waals surface area contributed by atoms with Crippen molar-refractivity contribution in [3.8, 4) is 0 Å². The largest absolute Gasteiger partial charge is 0.481 e. The lowest BCUT2D eigenvalue weighted by Crippen LogP contribution is -2.03. The number of benzene rings is 1. The molecule has 0 fully saturated rings. The number of hydrogen-bond acceptors (Lipinski definition) is 3. The van der Waals surface area contributed by atoms with Crippen LogP contribution in [-0.2, 0) is 11.3 Å². The van der Waals surface area contributed by atoms with Crippen molar-refractivity contribution >= 4 is 40.4 Å². The van der Waals surface area contributed by atoms with Crippen LogP contribution in [0.2, 0.25) is 5.02 Å². The van der Waals surface area contributed by atoms with Gasteiger partial charge in [-0.15, -0.1) is 0 Å². The van der Waals surface area contributed by atoms with Crippen LogP contribution in [-0.4, -0.2) is 26.4 Å². The number of allylic oxidation sites excluding steroid dienone is 2. The fourth-order valence-electron chi connectivity index (χ4n) is 1.90. The number of carboxylic acid groups (broad SMARTS) is 1. The molecule has 2 aromatic rings. The first-order valence-corrected chi connectivity index (χ1v) is 7.59. The number of nitrogens with zero attached hydrogens (tertiary/aromatic N) is 2. The molecule has 0 aliphatic rings. The molecule has 0 radical (unpaired) electrons. The monoisotopic (exact) mass is 310 g/mol. The maximum Gasteiger partial charge on any atom is 0.313 e. The average Bonchev–Trinajstić information content (AvgIpc) is 2.74. The van der Waals surface area contributed by atoms with Gasteiger partial charge in [-0.2, -0.15) is 0 Å². The van der Waals surface area contributed by atoms with E-state index in [0.29, 0.717) is 10.2 Å². The third-order valence-corrected chi connectivity index (χ3v) is 3.95. The number of aromatic nitrogens is 2. The summed E-state index contributed by atoms with van der Waals surface area (Å²) in [5.41, 5.74) is 1.78. The molecule has 0 bridgehead atoms. The maximum absolute atomic E-state index is 10.7. The number of rotatable bonds is 6. The molecule has 0 spiro atoms. The predicted octanol–water partition coefficient (Wildman–Crippen LogP) is 3.83. The van der Waals surface area contributed by atoms with E-state index in [9.17, 15) is 4.79 Å². The van der Waals surface area contributed by atoms with Gasteiger partial charge in [-0.05, 0) is 31.5 Å². The van der Waals surface area contributed by atoms with E-state index in [1.165, 1.54) is 11.8 Å². The van der Waals surface area contributed by atoms with E-state index in [1.54, 1.807) is 6.07 Å². The van der Waals surface area contributed by atoms with E-state index in [1.807, 2.05) is 29.7 Å². The van der Waals surface area contributed by atoms with Gasteiger partial charge in [0, 0.05) is 11.6 Å². The van der Waals surface area contributed by atoms with Crippen molar-refractivity contribution in [3.63, 3.8) is 0 Å². The van der Waals surface area contributed by atoms with Gasteiger partial charge in [0.1, 0.15) is 0 Å². The summed E-state index contributed by atoms with van der Waals surface area (Å²) in [6.45, 7) is 2.73. The van der Waals surface area contributed by atoms with E-state index in [0.717, 1.165) is 24.0 Å². The van der Waals surface area contributed by atoms with Gasteiger partial charge in [-0.1, -0.05) is 35.5 Å². The van der Waals surface area contributed by atoms with E-state index in [4.69, 9.17) is 16.7 Å². The van der Waals surface area contributed by atoms with Crippen LogP contribution in [0.25, 0.3) is 11.0 Å². The van der Waals surface area contributed by atoms with Gasteiger partial charge in [0.25, 0.3) is 0 Å². The Labute approximate surface area is 126 Å². The number of hydrogen-bond donors (Lipinski definition) is 1. The molecule has 1 aromatic heterocycles. The van der Waals surface area contributed by atoms with Crippen LogP contribution in [0.3, 0.4) is 0 Å². The summed E-state index contributed by atoms with van der Waals surface area (Å²) < 4.78 is 2.02. The summed E-state index contributed by atoms with van der Waals surface area (Å²) in [6.07, 6.45) is 4.94. The molecule has 1 N–H and O–H groups in total. The number of halogens is 1. The Kier molecular flexibility index (Phi) is 5.09. The molecule has 106 valence electrons. The van der Waals surface area contributed by atoms with Gasteiger partial charge in [0.05, 0.1) is 16.8 Å². The summed E-state index contributed by atoms with van der Waals surface area (Å²) in [5, 5.41) is 10.2. The second-order valence-corrected chi connectivity index (χ2v) is 5.60. The van der Waals surface area contributed by atoms with Gasteiger partial charge >= 0.3 is 5.97 Å². The van der Waals surface area contributed by atoms with Crippen molar-refractivity contribution in [2.45, 2.75) is 25.0 Å². The third-order valence-electron chi connectivity index (χ3n) is 2.76. The first-order chi connectivity index (χ1) is 9.61. The highest BCUT2D eigenvalue weighted by molar-refractivity contribution is 7.99. The molecule has 4 nitrogen and oxygen atoms in total. The van der Waals surface area contributed by atoms with Gasteiger partial charge in [-0.25, -0.2) is 4.98 Å². The van der Waals surface area contributed by atoms with Crippen molar-refractivity contribution in [1.29, 1.82) is 0 Å². The highest BCUT2D eigenvalue weighted by atomic mass is 35.5. The number of aryl methyl sites for hydroxylation is 1. The second kappa shape index (κ2) is 6.81. The third kappa shape index (κ3) is 3.55. The lowest BCUT2D eigenvalue weighted by atomic mass is 10.3. The summed E-state index contributed by atoms with van der Waals surface area (Å²) in [6, 6.07) is 5.51. The Morgan fingerprint density at radius 1 is 1.55 bits per heavy atom. The summed E-state index contributed by atoms with van der Waals surface area (Å²) in [4.78, 5) is 15.2. The lowest BCUT2D eigenvalue weighted by Gasteiger charge is -2.06. The predicted molar refractivity (Wildman–Crippen MR) is 82.5 cm³/mol. The molecule has 0 aliphatic carbocycles. The van der Waals surface area contributed by atoms with Crippen LogP contribution in [0.5, 0.6) is 0 Å². The van der Waals surface area contributed by atoms with Crippen LogP contribution in [0, 0.1) is 0 Å². The van der Waals surface area contributed by atoms with Crippen LogP contribution in [0.15, 0.2) is 35.5 Å². The molecule has 0 saturated heterocycles. The molecule has 0 aliphatic heterocycles. The number of imidazole rings is 1. The average molecular weight is 311 g/mol. The van der Waals surface area contributed by atoms with Crippen LogP contribution in [0.1, 0.15) is 13.3 Å². The van der Waals surface area contributed by atoms with E-state index in [-0.39, 0.29) is 5.75 Å². The SMILES string of the molecule is C/C=C/CCn1c(SCC(=O)O)nc2ccc(Cl)cc21. The zero-order chi connectivity index (χ0) is 14.5. The van der Waals surface area contributed by atoms with E-state index >= 15 is 0 Å². The van der Waals surface area contributed by atoms with Gasteiger partial charge < -0.3 is 9.67 Å². The minimum Gasteiger partial charge on any atom is -0.481 e. The number of aliphatic carboxylic acids is 1. The Morgan fingerprint density at radius 3 is 3.05 bits per heavy atom. The molecule has 0 atom stereocenters. The van der Waals surface area contributed by atoms with Gasteiger partial charge in [-0.3, -0.25) is 4.79 Å². The van der Waals surface area contributed by atoms with E-state index < -0.39 is 5.97 Å². The second-order valence-electron chi connectivity index (χ2n) is 4.22. The van der Waals surface area contributed by atoms with Crippen molar-refractivity contribution in [3.05, 3.63) is 35.4 Å². The fourth-order valence-corrected chi connectivity index (χ4v) is 2.82.